The zero-order chi connectivity index (χ0) is 35.5. The molecule has 0 radical (unpaired) electrons. The first-order chi connectivity index (χ1) is 23.1. The summed E-state index contributed by atoms with van der Waals surface area (Å²) in [7, 11) is -2.26. The van der Waals surface area contributed by atoms with Gasteiger partial charge in [-0.3, -0.25) is 4.72 Å². The normalized spacial score (nSPS) is 11.5. The minimum atomic E-state index is -3.65. The summed E-state index contributed by atoms with van der Waals surface area (Å²) in [6.07, 6.45) is 2.54. The van der Waals surface area contributed by atoms with Gasteiger partial charge in [-0.2, -0.15) is 0 Å². The maximum absolute atomic E-state index is 14.2. The number of methoxy groups -OCH3 is 1. The number of carboxylic acids is 1. The fourth-order valence-corrected chi connectivity index (χ4v) is 5.53. The number of rotatable bonds is 10. The highest BCUT2D eigenvalue weighted by molar-refractivity contribution is 7.92. The van der Waals surface area contributed by atoms with Crippen molar-refractivity contribution in [2.24, 2.45) is 0 Å². The van der Waals surface area contributed by atoms with Gasteiger partial charge in [0.1, 0.15) is 23.1 Å². The Morgan fingerprint density at radius 2 is 1.57 bits per heavy atom. The highest BCUT2D eigenvalue weighted by atomic mass is 32.2. The van der Waals surface area contributed by atoms with E-state index in [0.717, 1.165) is 24.0 Å². The molecule has 0 fully saturated rings. The van der Waals surface area contributed by atoms with Crippen molar-refractivity contribution >= 4 is 61.4 Å². The van der Waals surface area contributed by atoms with Gasteiger partial charge < -0.3 is 30.5 Å². The van der Waals surface area contributed by atoms with E-state index in [4.69, 9.17) is 14.6 Å². The Bertz CT molecular complexity index is 2190. The van der Waals surface area contributed by atoms with Crippen LogP contribution in [0.25, 0.3) is 10.8 Å². The standard InChI is InChI=1S/C35H34FN5O7S/c1-35(2,3)20-16-28(32(47-4)29(17-20)41-49(5,45)46)40-34(44)39-27-12-13-30(24-9-7-6-8-23(24)27)48-22-14-15-37-31(19-22)38-21-10-11-25(33(42)43)26(36)18-21/h6-19,41H,1-5H3,(H,37,38)(H,42,43)(H2,39,40,44). The predicted octanol–water partition coefficient (Wildman–Crippen LogP) is 7.93. The number of pyridine rings is 1. The summed E-state index contributed by atoms with van der Waals surface area (Å²) in [6, 6.07) is 20.4. The van der Waals surface area contributed by atoms with Gasteiger partial charge in [-0.25, -0.2) is 27.4 Å². The molecular weight excluding hydrogens is 653 g/mol. The Labute approximate surface area is 282 Å². The third-order valence-corrected chi connectivity index (χ3v) is 7.86. The molecule has 254 valence electrons. The van der Waals surface area contributed by atoms with E-state index < -0.39 is 33.4 Å². The van der Waals surface area contributed by atoms with Crippen LogP contribution in [0.2, 0.25) is 0 Å². The maximum Gasteiger partial charge on any atom is 0.338 e. The number of carboxylic acid groups (broad SMARTS) is 1. The quantitative estimate of drug-likeness (QED) is 0.0979. The SMILES string of the molecule is COc1c(NC(=O)Nc2ccc(Oc3ccnc(Nc4ccc(C(=O)O)c(F)c4)c3)c3ccccc23)cc(C(C)(C)C)cc1NS(C)(=O)=O. The Morgan fingerprint density at radius 3 is 2.22 bits per heavy atom. The monoisotopic (exact) mass is 687 g/mol. The van der Waals surface area contributed by atoms with Crippen LogP contribution in [0, 0.1) is 5.82 Å². The Kier molecular flexibility index (Phi) is 9.62. The molecule has 0 unspecified atom stereocenters. The molecule has 5 rings (SSSR count). The summed E-state index contributed by atoms with van der Waals surface area (Å²) in [6.45, 7) is 5.89. The number of urea groups is 1. The van der Waals surface area contributed by atoms with E-state index in [0.29, 0.717) is 39.5 Å². The molecule has 5 aromatic rings. The highest BCUT2D eigenvalue weighted by Crippen LogP contribution is 2.40. The molecule has 5 N–H and O–H groups in total. The third-order valence-electron chi connectivity index (χ3n) is 7.27. The Balaban J connectivity index is 1.38. The summed E-state index contributed by atoms with van der Waals surface area (Å²) in [5.74, 6) is -0.878. The predicted molar refractivity (Wildman–Crippen MR) is 188 cm³/mol. The minimum Gasteiger partial charge on any atom is -0.492 e. The van der Waals surface area contributed by atoms with Crippen LogP contribution >= 0.6 is 0 Å². The van der Waals surface area contributed by atoms with Crippen molar-refractivity contribution in [3.8, 4) is 17.2 Å². The number of hydrogen-bond donors (Lipinski definition) is 5. The van der Waals surface area contributed by atoms with Crippen LogP contribution in [-0.4, -0.2) is 43.9 Å². The topological polar surface area (TPSA) is 168 Å². The number of ether oxygens (including phenoxy) is 2. The van der Waals surface area contributed by atoms with Gasteiger partial charge in [0.05, 0.1) is 36.0 Å². The first-order valence-corrected chi connectivity index (χ1v) is 16.7. The summed E-state index contributed by atoms with van der Waals surface area (Å²) < 4.78 is 52.5. The molecule has 4 aromatic carbocycles. The second kappa shape index (κ2) is 13.7. The zero-order valence-electron chi connectivity index (χ0n) is 27.2. The number of hydrogen-bond acceptors (Lipinski definition) is 8. The number of anilines is 5. The van der Waals surface area contributed by atoms with Crippen LogP contribution in [0.15, 0.2) is 85.1 Å². The lowest BCUT2D eigenvalue weighted by Gasteiger charge is -2.24. The number of sulfonamides is 1. The number of carbonyl (C=O) groups excluding carboxylic acids is 1. The molecule has 12 nitrogen and oxygen atoms in total. The van der Waals surface area contributed by atoms with Crippen LogP contribution in [0.5, 0.6) is 17.2 Å². The number of benzene rings is 4. The lowest BCUT2D eigenvalue weighted by Crippen LogP contribution is -2.22. The van der Waals surface area contributed by atoms with Crippen molar-refractivity contribution < 1.29 is 37.0 Å². The number of aromatic carboxylic acids is 1. The van der Waals surface area contributed by atoms with Gasteiger partial charge >= 0.3 is 12.0 Å². The van der Waals surface area contributed by atoms with E-state index in [-0.39, 0.29) is 22.5 Å². The zero-order valence-corrected chi connectivity index (χ0v) is 28.0. The van der Waals surface area contributed by atoms with E-state index >= 15 is 0 Å². The van der Waals surface area contributed by atoms with Gasteiger partial charge in [0.15, 0.2) is 5.75 Å². The van der Waals surface area contributed by atoms with Crippen LogP contribution < -0.4 is 30.1 Å². The number of aromatic nitrogens is 1. The summed E-state index contributed by atoms with van der Waals surface area (Å²) >= 11 is 0. The summed E-state index contributed by atoms with van der Waals surface area (Å²) in [5, 5.41) is 19.0. The van der Waals surface area contributed by atoms with Crippen LogP contribution in [0.3, 0.4) is 0 Å². The van der Waals surface area contributed by atoms with E-state index in [1.807, 2.05) is 45.0 Å². The molecule has 0 aliphatic carbocycles. The molecule has 0 aliphatic rings. The van der Waals surface area contributed by atoms with Crippen molar-refractivity contribution in [1.29, 1.82) is 0 Å². The Hall–Kier alpha value is -5.89. The molecule has 0 spiro atoms. The van der Waals surface area contributed by atoms with Crippen molar-refractivity contribution in [2.45, 2.75) is 26.2 Å². The lowest BCUT2D eigenvalue weighted by atomic mass is 9.86. The molecule has 1 aromatic heterocycles. The molecule has 0 saturated heterocycles. The fraction of sp³-hybridized carbons (Fsp3) is 0.171. The fourth-order valence-electron chi connectivity index (χ4n) is 4.98. The van der Waals surface area contributed by atoms with E-state index in [1.54, 1.807) is 36.4 Å². The molecule has 0 bridgehead atoms. The lowest BCUT2D eigenvalue weighted by molar-refractivity contribution is 0.0692. The molecule has 2 amide bonds. The van der Waals surface area contributed by atoms with Gasteiger partial charge in [0.25, 0.3) is 0 Å². The highest BCUT2D eigenvalue weighted by Gasteiger charge is 2.22. The number of carbonyl (C=O) groups is 2. The largest absolute Gasteiger partial charge is 0.492 e. The van der Waals surface area contributed by atoms with Gasteiger partial charge in [-0.05, 0) is 59.5 Å². The van der Waals surface area contributed by atoms with Crippen molar-refractivity contribution in [3.63, 3.8) is 0 Å². The van der Waals surface area contributed by atoms with Crippen LogP contribution in [0.1, 0.15) is 36.7 Å². The third kappa shape index (κ3) is 8.34. The van der Waals surface area contributed by atoms with Gasteiger partial charge in [-0.1, -0.05) is 45.0 Å². The first-order valence-electron chi connectivity index (χ1n) is 14.8. The second-order valence-corrected chi connectivity index (χ2v) is 13.8. The van der Waals surface area contributed by atoms with Crippen LogP contribution in [-0.2, 0) is 15.4 Å². The number of halogens is 1. The maximum atomic E-state index is 14.2. The van der Waals surface area contributed by atoms with Gasteiger partial charge in [0, 0.05) is 28.7 Å². The average molecular weight is 688 g/mol. The summed E-state index contributed by atoms with van der Waals surface area (Å²) in [4.78, 5) is 28.7. The first kappa shape index (κ1) is 34.4. The number of nitrogens with zero attached hydrogens (tertiary/aromatic N) is 1. The van der Waals surface area contributed by atoms with Crippen molar-refractivity contribution in [2.75, 3.05) is 34.0 Å². The van der Waals surface area contributed by atoms with Crippen molar-refractivity contribution in [3.05, 3.63) is 102 Å². The molecule has 1 heterocycles. The smallest absolute Gasteiger partial charge is 0.338 e. The Morgan fingerprint density at radius 1 is 0.878 bits per heavy atom. The molecule has 14 heteroatoms. The van der Waals surface area contributed by atoms with Crippen LogP contribution in [0.4, 0.5) is 37.8 Å². The minimum absolute atomic E-state index is 0.149. The van der Waals surface area contributed by atoms with Gasteiger partial charge in [0.2, 0.25) is 10.0 Å². The number of nitrogens with one attached hydrogen (secondary N) is 4. The number of fused-ring (bicyclic) bond motifs is 1. The molecule has 49 heavy (non-hydrogen) atoms. The second-order valence-electron chi connectivity index (χ2n) is 12.1. The summed E-state index contributed by atoms with van der Waals surface area (Å²) in [5.41, 5.74) is 1.18. The molecule has 0 atom stereocenters. The molecule has 0 saturated carbocycles. The molecule has 0 aliphatic heterocycles. The number of amides is 2. The average Bonchev–Trinajstić information content (AvgIpc) is 3.01. The van der Waals surface area contributed by atoms with E-state index in [2.05, 4.69) is 25.7 Å². The van der Waals surface area contributed by atoms with Crippen molar-refractivity contribution in [1.82, 2.24) is 4.98 Å². The van der Waals surface area contributed by atoms with E-state index in [9.17, 15) is 22.4 Å². The molecular formula is C35H34FN5O7S. The van der Waals surface area contributed by atoms with Gasteiger partial charge in [-0.15, -0.1) is 0 Å². The van der Waals surface area contributed by atoms with E-state index in [1.165, 1.54) is 19.4 Å².